The number of amides is 4. The van der Waals surface area contributed by atoms with Gasteiger partial charge in [-0.05, 0) is 25.7 Å². The molecule has 2 N–H and O–H groups in total. The highest BCUT2D eigenvalue weighted by Crippen LogP contribution is 2.29. The van der Waals surface area contributed by atoms with Gasteiger partial charge in [-0.3, -0.25) is 14.4 Å². The molecule has 0 bridgehead atoms. The molecule has 2 fully saturated rings. The summed E-state index contributed by atoms with van der Waals surface area (Å²) in [5, 5.41) is 12.2. The van der Waals surface area contributed by atoms with Crippen molar-refractivity contribution < 1.29 is 38.5 Å². The lowest BCUT2D eigenvalue weighted by Crippen LogP contribution is -2.55. The van der Waals surface area contributed by atoms with Crippen LogP contribution in [-0.2, 0) is 28.6 Å². The van der Waals surface area contributed by atoms with E-state index >= 15 is 0 Å². The van der Waals surface area contributed by atoms with Gasteiger partial charge in [0.2, 0.25) is 11.8 Å². The molecule has 4 amide bonds. The van der Waals surface area contributed by atoms with Crippen LogP contribution in [0.15, 0.2) is 0 Å². The molecule has 0 aromatic heterocycles. The molecule has 0 saturated carbocycles. The van der Waals surface area contributed by atoms with E-state index < -0.39 is 30.1 Å². The minimum atomic E-state index is -0.969. The van der Waals surface area contributed by atoms with Crippen molar-refractivity contribution in [1.29, 1.82) is 0 Å². The molecule has 2 rings (SSSR count). The van der Waals surface area contributed by atoms with Crippen LogP contribution in [0.1, 0.15) is 66.7 Å². The second kappa shape index (κ2) is 18.9. The molecule has 0 aromatic rings. The van der Waals surface area contributed by atoms with Gasteiger partial charge in [0.25, 0.3) is 0 Å². The molecule has 6 atom stereocenters. The number of hydrogen-bond donors (Lipinski definition) is 2. The first-order valence-corrected chi connectivity index (χ1v) is 14.9. The number of hydrogen-bond acceptors (Lipinski definition) is 7. The van der Waals surface area contributed by atoms with Crippen LogP contribution < -0.4 is 5.32 Å². The van der Waals surface area contributed by atoms with Crippen molar-refractivity contribution in [3.8, 4) is 0 Å². The van der Waals surface area contributed by atoms with E-state index in [1.807, 2.05) is 13.8 Å². The van der Waals surface area contributed by atoms with Crippen LogP contribution in [0.4, 0.5) is 4.79 Å². The van der Waals surface area contributed by atoms with E-state index in [0.717, 1.165) is 12.8 Å². The normalized spacial score (nSPS) is 20.6. The van der Waals surface area contributed by atoms with Crippen molar-refractivity contribution in [3.05, 3.63) is 0 Å². The topological polar surface area (TPSA) is 138 Å². The second-order valence-electron chi connectivity index (χ2n) is 10.9. The number of aliphatic carboxylic acids is 1. The fourth-order valence-electron chi connectivity index (χ4n) is 5.47. The maximum absolute atomic E-state index is 13.5. The first-order chi connectivity index (χ1) is 19.5. The van der Waals surface area contributed by atoms with Crippen LogP contribution in [0.25, 0.3) is 0 Å². The lowest BCUT2D eigenvalue weighted by molar-refractivity contribution is -0.151. The molecule has 0 aliphatic carbocycles. The zero-order valence-electron chi connectivity index (χ0n) is 26.4. The van der Waals surface area contributed by atoms with Crippen molar-refractivity contribution in [3.63, 3.8) is 0 Å². The zero-order chi connectivity index (χ0) is 31.1. The van der Waals surface area contributed by atoms with E-state index in [-0.39, 0.29) is 42.8 Å². The van der Waals surface area contributed by atoms with Crippen LogP contribution in [0.5, 0.6) is 0 Å². The molecular formula is C29H54N4O8. The number of ether oxygens (including phenoxy) is 3. The first kappa shape index (κ1) is 36.6. The Morgan fingerprint density at radius 3 is 2.17 bits per heavy atom. The summed E-state index contributed by atoms with van der Waals surface area (Å²) in [7, 11) is 4.67. The average molecular weight is 587 g/mol. The predicted molar refractivity (Wildman–Crippen MR) is 156 cm³/mol. The fourth-order valence-corrected chi connectivity index (χ4v) is 5.47. The summed E-state index contributed by atoms with van der Waals surface area (Å²) in [4.78, 5) is 55.6. The summed E-state index contributed by atoms with van der Waals surface area (Å²) in [5.41, 5.74) is 0. The molecule has 2 saturated heterocycles. The molecule has 2 aliphatic rings. The fraction of sp³-hybridized carbons (Fsp3) is 0.862. The SMILES string of the molecule is CCC.CCC(C)C(C(CC(=O)N1CCCC1C(OC)C(C)C(=O)O)OC)N(C)C(=O)CNC(=O)N1CCOCC1. The van der Waals surface area contributed by atoms with Crippen LogP contribution in [0.3, 0.4) is 0 Å². The maximum atomic E-state index is 13.5. The number of methoxy groups -OCH3 is 2. The quantitative estimate of drug-likeness (QED) is 0.336. The standard InChI is InChI=1S/C26H46N4O8.C3H8/c1-7-17(2)23(28(4)22(32)16-27-26(35)29-11-13-38-14-12-29)20(36-5)15-21(31)30-10-8-9-19(30)24(37-6)18(3)25(33)34;1-3-2/h17-20,23-24H,7-16H2,1-6H3,(H,27,35)(H,33,34);3H2,1-2H3. The molecule has 6 unspecified atom stereocenters. The minimum absolute atomic E-state index is 0.0183. The molecule has 238 valence electrons. The van der Waals surface area contributed by atoms with E-state index in [0.29, 0.717) is 39.3 Å². The molecule has 0 radical (unpaired) electrons. The highest BCUT2D eigenvalue weighted by Gasteiger charge is 2.41. The number of carboxylic acids is 1. The molecule has 0 aromatic carbocycles. The second-order valence-corrected chi connectivity index (χ2v) is 10.9. The van der Waals surface area contributed by atoms with Crippen LogP contribution >= 0.6 is 0 Å². The lowest BCUT2D eigenvalue weighted by Gasteiger charge is -2.39. The third kappa shape index (κ3) is 10.7. The molecule has 2 aliphatic heterocycles. The van der Waals surface area contributed by atoms with Crippen LogP contribution in [0.2, 0.25) is 0 Å². The third-order valence-corrected chi connectivity index (χ3v) is 7.97. The highest BCUT2D eigenvalue weighted by atomic mass is 16.5. The van der Waals surface area contributed by atoms with Crippen LogP contribution in [0, 0.1) is 11.8 Å². The Bertz CT molecular complexity index is 823. The van der Waals surface area contributed by atoms with Gasteiger partial charge in [0.1, 0.15) is 0 Å². The Labute approximate surface area is 246 Å². The summed E-state index contributed by atoms with van der Waals surface area (Å²) < 4.78 is 16.6. The minimum Gasteiger partial charge on any atom is -0.481 e. The van der Waals surface area contributed by atoms with Gasteiger partial charge in [0.15, 0.2) is 0 Å². The number of carboxylic acid groups (broad SMARTS) is 1. The molecule has 12 heteroatoms. The monoisotopic (exact) mass is 586 g/mol. The van der Waals surface area contributed by atoms with E-state index in [1.165, 1.54) is 20.6 Å². The van der Waals surface area contributed by atoms with Gasteiger partial charge in [-0.25, -0.2) is 4.79 Å². The zero-order valence-corrected chi connectivity index (χ0v) is 26.4. The smallest absolute Gasteiger partial charge is 0.317 e. The lowest BCUT2D eigenvalue weighted by atomic mass is 9.90. The number of likely N-dealkylation sites (N-methyl/N-ethyl adjacent to an activating group) is 1. The summed E-state index contributed by atoms with van der Waals surface area (Å²) >= 11 is 0. The van der Waals surface area contributed by atoms with Crippen molar-refractivity contribution in [2.24, 2.45) is 11.8 Å². The van der Waals surface area contributed by atoms with Crippen molar-refractivity contribution in [1.82, 2.24) is 20.0 Å². The van der Waals surface area contributed by atoms with Gasteiger partial charge in [-0.1, -0.05) is 40.5 Å². The van der Waals surface area contributed by atoms with Crippen molar-refractivity contribution in [2.75, 3.05) is 60.7 Å². The number of carbonyl (C=O) groups excluding carboxylic acids is 3. The first-order valence-electron chi connectivity index (χ1n) is 14.9. The predicted octanol–water partition coefficient (Wildman–Crippen LogP) is 2.45. The van der Waals surface area contributed by atoms with Crippen molar-refractivity contribution in [2.45, 2.75) is 91.0 Å². The van der Waals surface area contributed by atoms with Crippen LogP contribution in [-0.4, -0.2) is 129 Å². The van der Waals surface area contributed by atoms with Gasteiger partial charge in [0.05, 0.1) is 56.4 Å². The van der Waals surface area contributed by atoms with Gasteiger partial charge >= 0.3 is 12.0 Å². The van der Waals surface area contributed by atoms with Gasteiger partial charge in [-0.2, -0.15) is 0 Å². The maximum Gasteiger partial charge on any atom is 0.317 e. The Hall–Kier alpha value is -2.44. The molecule has 0 spiro atoms. The number of urea groups is 1. The Balaban J connectivity index is 0.00000268. The van der Waals surface area contributed by atoms with Gasteiger partial charge in [0, 0.05) is 40.9 Å². The molecule has 2 heterocycles. The molecular weight excluding hydrogens is 532 g/mol. The number of likely N-dealkylation sites (tertiary alicyclic amines) is 1. The van der Waals surface area contributed by atoms with Gasteiger partial charge in [-0.15, -0.1) is 0 Å². The number of morpholine rings is 1. The number of rotatable bonds is 13. The van der Waals surface area contributed by atoms with E-state index in [4.69, 9.17) is 14.2 Å². The van der Waals surface area contributed by atoms with E-state index in [1.54, 1.807) is 28.7 Å². The number of nitrogens with one attached hydrogen (secondary N) is 1. The third-order valence-electron chi connectivity index (χ3n) is 7.97. The van der Waals surface area contributed by atoms with Gasteiger partial charge < -0.3 is 39.3 Å². The molecule has 12 nitrogen and oxygen atoms in total. The Morgan fingerprint density at radius 2 is 1.66 bits per heavy atom. The average Bonchev–Trinajstić information content (AvgIpc) is 3.45. The largest absolute Gasteiger partial charge is 0.481 e. The summed E-state index contributed by atoms with van der Waals surface area (Å²) in [5.74, 6) is -2.15. The highest BCUT2D eigenvalue weighted by molar-refractivity contribution is 5.84. The molecule has 41 heavy (non-hydrogen) atoms. The van der Waals surface area contributed by atoms with E-state index in [2.05, 4.69) is 19.2 Å². The number of nitrogens with zero attached hydrogens (tertiary/aromatic N) is 3. The Kier molecular flexibility index (Phi) is 16.9. The number of carbonyl (C=O) groups is 4. The Morgan fingerprint density at radius 1 is 1.05 bits per heavy atom. The van der Waals surface area contributed by atoms with E-state index in [9.17, 15) is 24.3 Å². The summed E-state index contributed by atoms with van der Waals surface area (Å²) in [6.45, 7) is 12.1. The summed E-state index contributed by atoms with van der Waals surface area (Å²) in [6, 6.07) is -1.05. The van der Waals surface area contributed by atoms with Crippen molar-refractivity contribution >= 4 is 23.8 Å². The summed E-state index contributed by atoms with van der Waals surface area (Å²) in [6.07, 6.45) is 2.26.